The number of thioether (sulfide) groups is 1. The highest BCUT2D eigenvalue weighted by Crippen LogP contribution is 2.54. The Balaban J connectivity index is 2.36. The van der Waals surface area contributed by atoms with Crippen molar-refractivity contribution in [2.24, 2.45) is 0 Å². The van der Waals surface area contributed by atoms with Gasteiger partial charge < -0.3 is 0 Å². The number of fused-ring (bicyclic) bond motifs is 1. The predicted octanol–water partition coefficient (Wildman–Crippen LogP) is 6.05. The molecule has 0 unspecified atom stereocenters. The van der Waals surface area contributed by atoms with Gasteiger partial charge in [-0.1, -0.05) is 50.3 Å². The molecule has 3 heteroatoms. The number of carbonyl (C=O) groups excluding carboxylic acids is 1. The maximum atomic E-state index is 13.5. The lowest BCUT2D eigenvalue weighted by atomic mass is 9.82. The summed E-state index contributed by atoms with van der Waals surface area (Å²) in [6, 6.07) is 14.9. The molecule has 0 N–H and O–H groups in total. The molecule has 0 saturated carbocycles. The lowest BCUT2D eigenvalue weighted by Gasteiger charge is -2.39. The van der Waals surface area contributed by atoms with Crippen molar-refractivity contribution in [2.75, 3.05) is 0 Å². The Labute approximate surface area is 152 Å². The number of hydrogen-bond acceptors (Lipinski definition) is 2. The normalized spacial score (nSPS) is 16.1. The Kier molecular flexibility index (Phi) is 5.24. The van der Waals surface area contributed by atoms with E-state index in [4.69, 9.17) is 0 Å². The first-order valence-electron chi connectivity index (χ1n) is 8.56. The van der Waals surface area contributed by atoms with E-state index in [0.29, 0.717) is 0 Å². The van der Waals surface area contributed by atoms with E-state index in [-0.39, 0.29) is 10.6 Å². The summed E-state index contributed by atoms with van der Waals surface area (Å²) < 4.78 is 13.4. The predicted molar refractivity (Wildman–Crippen MR) is 103 cm³/mol. The van der Waals surface area contributed by atoms with Crippen LogP contribution >= 0.6 is 11.8 Å². The van der Waals surface area contributed by atoms with Gasteiger partial charge in [0, 0.05) is 9.64 Å². The molecule has 0 saturated heterocycles. The third kappa shape index (κ3) is 3.21. The van der Waals surface area contributed by atoms with Crippen LogP contribution < -0.4 is 0 Å². The second-order valence-electron chi connectivity index (χ2n) is 6.09. The van der Waals surface area contributed by atoms with Crippen molar-refractivity contribution in [1.29, 1.82) is 0 Å². The number of halogens is 1. The van der Waals surface area contributed by atoms with E-state index in [1.807, 2.05) is 36.0 Å². The van der Waals surface area contributed by atoms with Gasteiger partial charge in [-0.25, -0.2) is 4.39 Å². The van der Waals surface area contributed by atoms with Gasteiger partial charge in [0.1, 0.15) is 12.1 Å². The molecule has 1 aliphatic rings. The molecule has 25 heavy (non-hydrogen) atoms. The van der Waals surface area contributed by atoms with Crippen molar-refractivity contribution < 1.29 is 9.18 Å². The summed E-state index contributed by atoms with van der Waals surface area (Å²) in [5, 5.41) is 0. The van der Waals surface area contributed by atoms with Gasteiger partial charge in [0.15, 0.2) is 0 Å². The minimum absolute atomic E-state index is 0.0996. The highest BCUT2D eigenvalue weighted by Gasteiger charge is 2.38. The fraction of sp³-hybridized carbons (Fsp3) is 0.227. The summed E-state index contributed by atoms with van der Waals surface area (Å²) in [7, 11) is 0. The third-order valence-corrected chi connectivity index (χ3v) is 6.60. The van der Waals surface area contributed by atoms with E-state index in [9.17, 15) is 9.18 Å². The lowest BCUT2D eigenvalue weighted by Crippen LogP contribution is -2.29. The van der Waals surface area contributed by atoms with Gasteiger partial charge >= 0.3 is 0 Å². The van der Waals surface area contributed by atoms with Gasteiger partial charge in [-0.05, 0) is 59.4 Å². The fourth-order valence-electron chi connectivity index (χ4n) is 3.47. The monoisotopic (exact) mass is 352 g/mol. The Morgan fingerprint density at radius 3 is 2.36 bits per heavy atom. The summed E-state index contributed by atoms with van der Waals surface area (Å²) in [6.45, 7) is 4.36. The number of benzene rings is 2. The van der Waals surface area contributed by atoms with E-state index in [0.717, 1.165) is 41.4 Å². The Morgan fingerprint density at radius 1 is 1.04 bits per heavy atom. The van der Waals surface area contributed by atoms with Gasteiger partial charge in [0.25, 0.3) is 0 Å². The first-order valence-corrected chi connectivity index (χ1v) is 9.37. The molecule has 0 atom stereocenters. The van der Waals surface area contributed by atoms with Gasteiger partial charge in [0.05, 0.1) is 0 Å². The number of rotatable bonds is 5. The third-order valence-electron chi connectivity index (χ3n) is 4.84. The van der Waals surface area contributed by atoms with Crippen LogP contribution in [0.25, 0.3) is 5.57 Å². The molecule has 1 aliphatic heterocycles. The van der Waals surface area contributed by atoms with Gasteiger partial charge in [-0.15, -0.1) is 11.8 Å². The van der Waals surface area contributed by atoms with Crippen LogP contribution in [0.3, 0.4) is 0 Å². The molecule has 128 valence electrons. The largest absolute Gasteiger partial charge is 0.299 e. The summed E-state index contributed by atoms with van der Waals surface area (Å²) in [5.74, 6) is -0.245. The van der Waals surface area contributed by atoms with Crippen LogP contribution in [0.15, 0.2) is 71.2 Å². The van der Waals surface area contributed by atoms with Crippen molar-refractivity contribution >= 4 is 23.6 Å². The standard InChI is InChI=1S/C22H21FOS/c1-3-22(4-2)19(9-7-15-24)21(16-11-13-17(23)14-12-16)18-8-5-6-10-20(18)25-22/h5-15H,3-4H2,1-2H3. The number of carbonyl (C=O) groups is 1. The van der Waals surface area contributed by atoms with Gasteiger partial charge in [-0.3, -0.25) is 4.79 Å². The summed E-state index contributed by atoms with van der Waals surface area (Å²) in [6.07, 6.45) is 6.21. The molecule has 1 nitrogen and oxygen atoms in total. The number of hydrogen-bond donors (Lipinski definition) is 0. The van der Waals surface area contributed by atoms with Crippen molar-refractivity contribution in [3.05, 3.63) is 83.2 Å². The van der Waals surface area contributed by atoms with Crippen LogP contribution in [-0.4, -0.2) is 11.0 Å². The molecule has 0 radical (unpaired) electrons. The molecule has 2 aromatic rings. The Bertz CT molecular complexity index is 829. The number of allylic oxidation sites excluding steroid dienone is 2. The Hall–Kier alpha value is -2.13. The zero-order chi connectivity index (χ0) is 17.9. The fourth-order valence-corrected chi connectivity index (χ4v) is 4.89. The van der Waals surface area contributed by atoms with Crippen LogP contribution in [0.4, 0.5) is 4.39 Å². The topological polar surface area (TPSA) is 17.1 Å². The summed E-state index contributed by atoms with van der Waals surface area (Å²) in [5.41, 5.74) is 4.35. The van der Waals surface area contributed by atoms with Crippen molar-refractivity contribution in [1.82, 2.24) is 0 Å². The average Bonchev–Trinajstić information content (AvgIpc) is 2.66. The molecule has 3 rings (SSSR count). The zero-order valence-electron chi connectivity index (χ0n) is 14.5. The molecular formula is C22H21FOS. The van der Waals surface area contributed by atoms with Crippen molar-refractivity contribution in [3.8, 4) is 0 Å². The first kappa shape index (κ1) is 17.7. The van der Waals surface area contributed by atoms with Crippen LogP contribution in [0, 0.1) is 5.82 Å². The van der Waals surface area contributed by atoms with Crippen LogP contribution in [0.2, 0.25) is 0 Å². The highest BCUT2D eigenvalue weighted by atomic mass is 32.2. The van der Waals surface area contributed by atoms with E-state index < -0.39 is 0 Å². The molecule has 0 amide bonds. The molecule has 0 spiro atoms. The first-order chi connectivity index (χ1) is 12.1. The average molecular weight is 352 g/mol. The molecule has 1 heterocycles. The second kappa shape index (κ2) is 7.40. The SMILES string of the molecule is CCC1(CC)Sc2ccccc2C(c2ccc(F)cc2)=C1C=CC=O. The molecule has 0 aromatic heterocycles. The second-order valence-corrected chi connectivity index (χ2v) is 7.52. The van der Waals surface area contributed by atoms with Gasteiger partial charge in [-0.2, -0.15) is 0 Å². The minimum atomic E-state index is -0.245. The van der Waals surface area contributed by atoms with E-state index in [2.05, 4.69) is 32.0 Å². The van der Waals surface area contributed by atoms with Crippen molar-refractivity contribution in [2.45, 2.75) is 36.3 Å². The smallest absolute Gasteiger partial charge is 0.142 e. The van der Waals surface area contributed by atoms with Crippen molar-refractivity contribution in [3.63, 3.8) is 0 Å². The van der Waals surface area contributed by atoms with Gasteiger partial charge in [0.2, 0.25) is 0 Å². The molecule has 0 fully saturated rings. The minimum Gasteiger partial charge on any atom is -0.299 e. The zero-order valence-corrected chi connectivity index (χ0v) is 15.3. The molecule has 0 bridgehead atoms. The molecule has 0 aliphatic carbocycles. The maximum Gasteiger partial charge on any atom is 0.142 e. The number of aldehydes is 1. The van der Waals surface area contributed by atoms with Crippen LogP contribution in [0.5, 0.6) is 0 Å². The van der Waals surface area contributed by atoms with E-state index >= 15 is 0 Å². The Morgan fingerprint density at radius 2 is 1.72 bits per heavy atom. The maximum absolute atomic E-state index is 13.5. The van der Waals surface area contributed by atoms with E-state index in [1.54, 1.807) is 6.08 Å². The summed E-state index contributed by atoms with van der Waals surface area (Å²) in [4.78, 5) is 12.2. The molecule has 2 aromatic carbocycles. The van der Waals surface area contributed by atoms with E-state index in [1.165, 1.54) is 17.0 Å². The van der Waals surface area contributed by atoms with Crippen LogP contribution in [-0.2, 0) is 4.79 Å². The lowest BCUT2D eigenvalue weighted by molar-refractivity contribution is -0.104. The molecular weight excluding hydrogens is 331 g/mol. The summed E-state index contributed by atoms with van der Waals surface area (Å²) >= 11 is 1.87. The quantitative estimate of drug-likeness (QED) is 0.481. The van der Waals surface area contributed by atoms with Crippen LogP contribution in [0.1, 0.15) is 37.8 Å². The highest BCUT2D eigenvalue weighted by molar-refractivity contribution is 8.01.